The maximum Gasteiger partial charge on any atom is 0.316 e. The quantitative estimate of drug-likeness (QED) is 0.369. The second kappa shape index (κ2) is 11.7. The van der Waals surface area contributed by atoms with Gasteiger partial charge in [0.1, 0.15) is 11.2 Å². The molecule has 0 saturated heterocycles. The van der Waals surface area contributed by atoms with Crippen LogP contribution in [0.15, 0.2) is 0 Å². The Morgan fingerprint density at radius 2 is 1.20 bits per heavy atom. The second-order valence-corrected chi connectivity index (χ2v) is 8.54. The minimum Gasteiger partial charge on any atom is -0.466 e. The van der Waals surface area contributed by atoms with Gasteiger partial charge in [0.15, 0.2) is 0 Å². The van der Waals surface area contributed by atoms with Crippen LogP contribution in [0, 0.1) is 0 Å². The van der Waals surface area contributed by atoms with Crippen molar-refractivity contribution in [3.8, 4) is 0 Å². The van der Waals surface area contributed by atoms with Crippen LogP contribution in [0.5, 0.6) is 0 Å². The van der Waals surface area contributed by atoms with E-state index in [4.69, 9.17) is 14.2 Å². The first-order valence-electron chi connectivity index (χ1n) is 8.08. The molecule has 0 N–H and O–H groups in total. The molecule has 8 heteroatoms. The highest BCUT2D eigenvalue weighted by Crippen LogP contribution is 2.19. The molecule has 0 heterocycles. The van der Waals surface area contributed by atoms with Gasteiger partial charge in [0, 0.05) is 12.8 Å². The normalized spacial score (nSPS) is 11.8. The van der Waals surface area contributed by atoms with Crippen molar-refractivity contribution in [2.24, 2.45) is 0 Å². The summed E-state index contributed by atoms with van der Waals surface area (Å²) in [6, 6.07) is 0. The van der Waals surface area contributed by atoms with Crippen molar-refractivity contribution >= 4 is 41.4 Å². The van der Waals surface area contributed by atoms with Crippen molar-refractivity contribution in [1.29, 1.82) is 0 Å². The molecule has 6 nitrogen and oxygen atoms in total. The predicted molar refractivity (Wildman–Crippen MR) is 102 cm³/mol. The highest BCUT2D eigenvalue weighted by molar-refractivity contribution is 7.99. The van der Waals surface area contributed by atoms with Crippen molar-refractivity contribution in [1.82, 2.24) is 0 Å². The van der Waals surface area contributed by atoms with Gasteiger partial charge in [-0.3, -0.25) is 14.4 Å². The summed E-state index contributed by atoms with van der Waals surface area (Å²) in [5.74, 6) is -0.344. The molecule has 0 bridgehead atoms. The zero-order chi connectivity index (χ0) is 19.5. The lowest BCUT2D eigenvalue weighted by Crippen LogP contribution is -2.31. The van der Waals surface area contributed by atoms with Crippen molar-refractivity contribution in [2.45, 2.75) is 58.2 Å². The average molecular weight is 395 g/mol. The number of rotatable bonds is 12. The fourth-order valence-electron chi connectivity index (χ4n) is 1.90. The summed E-state index contributed by atoms with van der Waals surface area (Å²) in [6.45, 7) is 7.28. The van der Waals surface area contributed by atoms with Gasteiger partial charge in [-0.1, -0.05) is 0 Å². The highest BCUT2D eigenvalue weighted by atomic mass is 32.2. The van der Waals surface area contributed by atoms with Gasteiger partial charge >= 0.3 is 17.9 Å². The molecular formula is C17H30O6S2. The number of hydrogen-bond acceptors (Lipinski definition) is 8. The molecule has 0 aromatic rings. The van der Waals surface area contributed by atoms with E-state index < -0.39 is 11.2 Å². The van der Waals surface area contributed by atoms with Crippen molar-refractivity contribution in [3.05, 3.63) is 0 Å². The van der Waals surface area contributed by atoms with Crippen molar-refractivity contribution in [2.75, 3.05) is 30.6 Å². The lowest BCUT2D eigenvalue weighted by molar-refractivity contribution is -0.159. The lowest BCUT2D eigenvalue weighted by Gasteiger charge is -2.26. The minimum atomic E-state index is -0.710. The lowest BCUT2D eigenvalue weighted by atomic mass is 10.0. The summed E-state index contributed by atoms with van der Waals surface area (Å²) in [5.41, 5.74) is -1.39. The van der Waals surface area contributed by atoms with Crippen LogP contribution in [0.1, 0.15) is 47.0 Å². The maximum absolute atomic E-state index is 11.8. The van der Waals surface area contributed by atoms with Gasteiger partial charge in [-0.2, -0.15) is 23.5 Å². The van der Waals surface area contributed by atoms with Gasteiger partial charge in [-0.05, 0) is 46.6 Å². The molecule has 0 fully saturated rings. The fourth-order valence-corrected chi connectivity index (χ4v) is 2.49. The SMILES string of the molecule is CSCC(=O)OC(C)(C)CCOC(=O)CCC(C)(C)OC(=O)CSC. The standard InChI is InChI=1S/C17H30O6S2/c1-16(2,22-14(19)11-24-5)8-7-13(18)21-10-9-17(3,4)23-15(20)12-25-6/h7-12H2,1-6H3. The van der Waals surface area contributed by atoms with Gasteiger partial charge in [-0.25, -0.2) is 0 Å². The molecule has 0 unspecified atom stereocenters. The van der Waals surface area contributed by atoms with Gasteiger partial charge in [-0.15, -0.1) is 0 Å². The third kappa shape index (κ3) is 13.0. The van der Waals surface area contributed by atoms with Crippen molar-refractivity contribution in [3.63, 3.8) is 0 Å². The van der Waals surface area contributed by atoms with E-state index in [0.29, 0.717) is 18.6 Å². The monoisotopic (exact) mass is 394 g/mol. The Bertz CT molecular complexity index is 448. The van der Waals surface area contributed by atoms with E-state index in [1.165, 1.54) is 23.5 Å². The Labute approximate surface area is 159 Å². The maximum atomic E-state index is 11.8. The Hall–Kier alpha value is -0.890. The van der Waals surface area contributed by atoms with Crippen LogP contribution in [-0.4, -0.2) is 59.7 Å². The zero-order valence-electron chi connectivity index (χ0n) is 16.0. The zero-order valence-corrected chi connectivity index (χ0v) is 17.6. The fraction of sp³-hybridized carbons (Fsp3) is 0.824. The molecule has 0 spiro atoms. The van der Waals surface area contributed by atoms with Gasteiger partial charge < -0.3 is 14.2 Å². The van der Waals surface area contributed by atoms with Crippen LogP contribution >= 0.6 is 23.5 Å². The molecule has 0 amide bonds. The number of esters is 3. The molecular weight excluding hydrogens is 364 g/mol. The summed E-state index contributed by atoms with van der Waals surface area (Å²) in [7, 11) is 0. The summed E-state index contributed by atoms with van der Waals surface area (Å²) in [6.07, 6.45) is 4.62. The van der Waals surface area contributed by atoms with E-state index in [2.05, 4.69) is 0 Å². The topological polar surface area (TPSA) is 78.9 Å². The minimum absolute atomic E-state index is 0.159. The Morgan fingerprint density at radius 1 is 0.760 bits per heavy atom. The van der Waals surface area contributed by atoms with Gasteiger partial charge in [0.25, 0.3) is 0 Å². The molecule has 0 radical (unpaired) electrons. The van der Waals surface area contributed by atoms with E-state index in [9.17, 15) is 14.4 Å². The molecule has 0 aliphatic carbocycles. The van der Waals surface area contributed by atoms with Crippen LogP contribution < -0.4 is 0 Å². The van der Waals surface area contributed by atoms with Crippen LogP contribution in [0.2, 0.25) is 0 Å². The summed E-state index contributed by atoms with van der Waals surface area (Å²) in [4.78, 5) is 34.9. The summed E-state index contributed by atoms with van der Waals surface area (Å²) >= 11 is 2.79. The van der Waals surface area contributed by atoms with Crippen molar-refractivity contribution < 1.29 is 28.6 Å². The van der Waals surface area contributed by atoms with E-state index >= 15 is 0 Å². The van der Waals surface area contributed by atoms with E-state index in [1.54, 1.807) is 27.7 Å². The highest BCUT2D eigenvalue weighted by Gasteiger charge is 2.25. The van der Waals surface area contributed by atoms with E-state index in [0.717, 1.165) is 0 Å². The molecule has 25 heavy (non-hydrogen) atoms. The second-order valence-electron chi connectivity index (χ2n) is 6.80. The van der Waals surface area contributed by atoms with Gasteiger partial charge in [0.05, 0.1) is 18.1 Å². The molecule has 0 atom stereocenters. The number of carbonyl (C=O) groups is 3. The average Bonchev–Trinajstić information content (AvgIpc) is 2.44. The first-order chi connectivity index (χ1) is 11.5. The van der Waals surface area contributed by atoms with Crippen LogP contribution in [0.4, 0.5) is 0 Å². The predicted octanol–water partition coefficient (Wildman–Crippen LogP) is 3.07. The summed E-state index contributed by atoms with van der Waals surface area (Å²) < 4.78 is 15.8. The number of hydrogen-bond donors (Lipinski definition) is 0. The smallest absolute Gasteiger partial charge is 0.316 e. The molecule has 0 rings (SSSR count). The third-order valence-electron chi connectivity index (χ3n) is 3.20. The molecule has 0 aliphatic heterocycles. The summed E-state index contributed by atoms with van der Waals surface area (Å²) in [5, 5.41) is 0. The van der Waals surface area contributed by atoms with Crippen LogP contribution in [-0.2, 0) is 28.6 Å². The Kier molecular flexibility index (Phi) is 11.3. The van der Waals surface area contributed by atoms with E-state index in [-0.39, 0.29) is 36.7 Å². The van der Waals surface area contributed by atoms with E-state index in [1.807, 2.05) is 12.5 Å². The Balaban J connectivity index is 4.11. The van der Waals surface area contributed by atoms with Gasteiger partial charge in [0.2, 0.25) is 0 Å². The first-order valence-corrected chi connectivity index (χ1v) is 10.9. The number of thioether (sulfide) groups is 2. The molecule has 0 aromatic carbocycles. The number of ether oxygens (including phenoxy) is 3. The largest absolute Gasteiger partial charge is 0.466 e. The molecule has 0 aliphatic rings. The third-order valence-corrected chi connectivity index (χ3v) is 4.25. The number of carbonyl (C=O) groups excluding carboxylic acids is 3. The Morgan fingerprint density at radius 3 is 1.64 bits per heavy atom. The molecule has 146 valence electrons. The first kappa shape index (κ1) is 24.1. The van der Waals surface area contributed by atoms with Crippen LogP contribution in [0.3, 0.4) is 0 Å². The molecule has 0 saturated carbocycles. The van der Waals surface area contributed by atoms with Crippen LogP contribution in [0.25, 0.3) is 0 Å². The molecule has 0 aromatic heterocycles.